The van der Waals surface area contributed by atoms with Crippen LogP contribution >= 0.6 is 21.6 Å². The molecule has 0 bridgehead atoms. The normalized spacial score (nSPS) is 8.54. The van der Waals surface area contributed by atoms with Gasteiger partial charge in [0.05, 0.1) is 19.8 Å². The van der Waals surface area contributed by atoms with Crippen molar-refractivity contribution in [3.05, 3.63) is 0 Å². The number of carboxylic acid groups (broad SMARTS) is 1. The highest BCUT2D eigenvalue weighted by Gasteiger charge is 2.02. The number of carbonyl (C=O) groups is 2. The molecule has 1 amide bonds. The summed E-state index contributed by atoms with van der Waals surface area (Å²) in [5, 5.41) is 11.3. The van der Waals surface area contributed by atoms with Crippen LogP contribution in [-0.2, 0) is 19.1 Å². The molecule has 0 radical (unpaired) electrons. The summed E-state index contributed by atoms with van der Waals surface area (Å²) in [6.07, 6.45) is 0.166. The van der Waals surface area contributed by atoms with E-state index in [0.29, 0.717) is 19.8 Å². The van der Waals surface area contributed by atoms with Gasteiger partial charge in [0.1, 0.15) is 6.54 Å². The van der Waals surface area contributed by atoms with Gasteiger partial charge in [-0.25, -0.2) is 0 Å². The van der Waals surface area contributed by atoms with Gasteiger partial charge < -0.3 is 19.9 Å². The summed E-state index contributed by atoms with van der Waals surface area (Å²) in [4.78, 5) is 21.0. The van der Waals surface area contributed by atoms with Gasteiger partial charge in [-0.05, 0) is 6.92 Å². The molecule has 0 aromatic carbocycles. The van der Waals surface area contributed by atoms with Crippen molar-refractivity contribution in [3.8, 4) is 0 Å². The second-order valence-corrected chi connectivity index (χ2v) is 7.51. The Bertz CT molecular complexity index is 281. The second kappa shape index (κ2) is 41.0. The molecule has 0 aliphatic heterocycles. The molecule has 0 aromatic rings. The van der Waals surface area contributed by atoms with Crippen molar-refractivity contribution < 1.29 is 24.2 Å². The summed E-state index contributed by atoms with van der Waals surface area (Å²) >= 11 is 0. The summed E-state index contributed by atoms with van der Waals surface area (Å²) in [6, 6.07) is 0. The molecule has 174 valence electrons. The van der Waals surface area contributed by atoms with Gasteiger partial charge in [-0.1, -0.05) is 83.9 Å². The topological polar surface area (TPSA) is 84.9 Å². The molecular formula is C20H47NO5S2. The molecule has 0 aromatic heterocycles. The maximum atomic E-state index is 11.0. The Balaban J connectivity index is -0.000000113. The Morgan fingerprint density at radius 3 is 1.79 bits per heavy atom. The number of carbonyl (C=O) groups excluding carboxylic acids is 1. The van der Waals surface area contributed by atoms with Crippen molar-refractivity contribution in [2.45, 2.75) is 80.9 Å². The first-order valence-electron chi connectivity index (χ1n) is 10.4. The van der Waals surface area contributed by atoms with E-state index in [1.807, 2.05) is 70.1 Å². The SMILES string of the molecule is CC.CC.CC.CCOCCOCCC(=O)NCC(=O)O.CCSSC(C)C. The molecule has 8 heteroatoms. The number of hydrogen-bond acceptors (Lipinski definition) is 6. The van der Waals surface area contributed by atoms with E-state index in [1.165, 1.54) is 5.75 Å². The van der Waals surface area contributed by atoms with E-state index < -0.39 is 5.97 Å². The number of aliphatic carboxylic acids is 1. The number of rotatable bonds is 12. The van der Waals surface area contributed by atoms with Crippen molar-refractivity contribution in [2.75, 3.05) is 38.7 Å². The lowest BCUT2D eigenvalue weighted by Gasteiger charge is -2.04. The summed E-state index contributed by atoms with van der Waals surface area (Å²) in [5.74, 6) is -0.155. The number of amides is 1. The van der Waals surface area contributed by atoms with Crippen LogP contribution < -0.4 is 5.32 Å². The minimum Gasteiger partial charge on any atom is -0.480 e. The third-order valence-electron chi connectivity index (χ3n) is 1.86. The van der Waals surface area contributed by atoms with E-state index in [9.17, 15) is 9.59 Å². The monoisotopic (exact) mass is 445 g/mol. The van der Waals surface area contributed by atoms with Crippen molar-refractivity contribution in [1.82, 2.24) is 5.32 Å². The van der Waals surface area contributed by atoms with Crippen LogP contribution in [0.15, 0.2) is 0 Å². The molecule has 0 atom stereocenters. The molecule has 0 saturated carbocycles. The highest BCUT2D eigenvalue weighted by atomic mass is 33.1. The number of hydrogen-bond donors (Lipinski definition) is 2. The van der Waals surface area contributed by atoms with Gasteiger partial charge in [0.2, 0.25) is 5.91 Å². The Hall–Kier alpha value is -0.440. The van der Waals surface area contributed by atoms with Crippen LogP contribution in [0, 0.1) is 0 Å². The molecule has 0 heterocycles. The van der Waals surface area contributed by atoms with Gasteiger partial charge in [-0.3, -0.25) is 9.59 Å². The van der Waals surface area contributed by atoms with Crippen LogP contribution in [0.4, 0.5) is 0 Å². The predicted molar refractivity (Wildman–Crippen MR) is 127 cm³/mol. The van der Waals surface area contributed by atoms with E-state index in [1.54, 1.807) is 0 Å². The first-order chi connectivity index (χ1) is 13.4. The van der Waals surface area contributed by atoms with E-state index in [4.69, 9.17) is 14.6 Å². The minimum absolute atomic E-state index is 0.166. The van der Waals surface area contributed by atoms with Crippen LogP contribution in [0.2, 0.25) is 0 Å². The number of nitrogens with one attached hydrogen (secondary N) is 1. The maximum Gasteiger partial charge on any atom is 0.322 e. The van der Waals surface area contributed by atoms with Crippen LogP contribution in [0.25, 0.3) is 0 Å². The molecule has 0 aliphatic rings. The van der Waals surface area contributed by atoms with Gasteiger partial charge in [-0.15, -0.1) is 0 Å². The molecular weight excluding hydrogens is 398 g/mol. The first kappa shape index (κ1) is 38.2. The highest BCUT2D eigenvalue weighted by Crippen LogP contribution is 2.24. The molecule has 0 saturated heterocycles. The highest BCUT2D eigenvalue weighted by molar-refractivity contribution is 8.76. The average Bonchev–Trinajstić information content (AvgIpc) is 2.72. The fourth-order valence-corrected chi connectivity index (χ4v) is 2.63. The summed E-state index contributed by atoms with van der Waals surface area (Å²) in [7, 11) is 3.88. The fourth-order valence-electron chi connectivity index (χ4n) is 0.996. The first-order valence-corrected chi connectivity index (χ1v) is 12.7. The van der Waals surface area contributed by atoms with Gasteiger partial charge in [-0.2, -0.15) is 0 Å². The lowest BCUT2D eigenvalue weighted by molar-refractivity contribution is -0.138. The Kier molecular flexibility index (Phi) is 56.0. The van der Waals surface area contributed by atoms with Crippen LogP contribution in [-0.4, -0.2) is 61.0 Å². The lowest BCUT2D eigenvalue weighted by Crippen LogP contribution is -2.29. The largest absolute Gasteiger partial charge is 0.480 e. The molecule has 0 fully saturated rings. The van der Waals surface area contributed by atoms with E-state index >= 15 is 0 Å². The molecule has 0 unspecified atom stereocenters. The Morgan fingerprint density at radius 1 is 0.929 bits per heavy atom. The Morgan fingerprint density at radius 2 is 1.43 bits per heavy atom. The summed E-state index contributed by atoms with van der Waals surface area (Å²) < 4.78 is 10.1. The zero-order chi connectivity index (χ0) is 23.2. The van der Waals surface area contributed by atoms with Crippen molar-refractivity contribution in [3.63, 3.8) is 0 Å². The van der Waals surface area contributed by atoms with Crippen molar-refractivity contribution in [2.24, 2.45) is 0 Å². The lowest BCUT2D eigenvalue weighted by atomic mass is 10.4. The van der Waals surface area contributed by atoms with E-state index in [0.717, 1.165) is 5.25 Å². The third kappa shape index (κ3) is 56.2. The smallest absolute Gasteiger partial charge is 0.322 e. The number of ether oxygens (including phenoxy) is 2. The number of carboxylic acids is 1. The molecule has 0 aliphatic carbocycles. The van der Waals surface area contributed by atoms with Crippen LogP contribution in [0.3, 0.4) is 0 Å². The van der Waals surface area contributed by atoms with E-state index in [-0.39, 0.29) is 25.5 Å². The third-order valence-corrected chi connectivity index (χ3v) is 4.89. The zero-order valence-electron chi connectivity index (χ0n) is 19.9. The maximum absolute atomic E-state index is 11.0. The zero-order valence-corrected chi connectivity index (χ0v) is 21.6. The Labute approximate surface area is 182 Å². The van der Waals surface area contributed by atoms with E-state index in [2.05, 4.69) is 26.1 Å². The van der Waals surface area contributed by atoms with Gasteiger partial charge in [0.25, 0.3) is 0 Å². The predicted octanol–water partition coefficient (Wildman–Crippen LogP) is 5.51. The van der Waals surface area contributed by atoms with Crippen molar-refractivity contribution in [1.29, 1.82) is 0 Å². The van der Waals surface area contributed by atoms with Crippen molar-refractivity contribution >= 4 is 33.5 Å². The van der Waals surface area contributed by atoms with Crippen LogP contribution in [0.1, 0.15) is 75.7 Å². The molecule has 28 heavy (non-hydrogen) atoms. The molecule has 0 spiro atoms. The molecule has 6 nitrogen and oxygen atoms in total. The fraction of sp³-hybridized carbons (Fsp3) is 0.900. The van der Waals surface area contributed by atoms with Gasteiger partial charge >= 0.3 is 5.97 Å². The standard InChI is InChI=1S/C9H17NO5.C5H12S2.3C2H6/c1-2-14-5-6-15-4-3-8(11)10-7-9(12)13;1-4-6-7-5(2)3;3*1-2/h2-7H2,1H3,(H,10,11)(H,12,13);5H,4H2,1-3H3;3*1-2H3. The quantitative estimate of drug-likeness (QED) is 0.303. The molecule has 0 rings (SSSR count). The summed E-state index contributed by atoms with van der Waals surface area (Å²) in [6.45, 7) is 22.0. The summed E-state index contributed by atoms with van der Waals surface area (Å²) in [5.41, 5.74) is 0. The average molecular weight is 446 g/mol. The minimum atomic E-state index is -1.05. The second-order valence-electron chi connectivity index (χ2n) is 4.28. The van der Waals surface area contributed by atoms with Crippen LogP contribution in [0.5, 0.6) is 0 Å². The van der Waals surface area contributed by atoms with Gasteiger partial charge in [0, 0.05) is 24.0 Å². The van der Waals surface area contributed by atoms with Gasteiger partial charge in [0.15, 0.2) is 0 Å². The molecule has 2 N–H and O–H groups in total.